The average molecular weight is 347 g/mol. The number of carbonyl (C=O) groups excluding carboxylic acids is 1. The lowest BCUT2D eigenvalue weighted by Crippen LogP contribution is -2.44. The maximum absolute atomic E-state index is 12.1. The molecule has 0 aliphatic carbocycles. The summed E-state index contributed by atoms with van der Waals surface area (Å²) >= 11 is 1.28. The number of benzene rings is 1. The Bertz CT molecular complexity index is 663. The number of nitrogens with zero attached hydrogens (tertiary/aromatic N) is 3. The average Bonchev–Trinajstić information content (AvgIpc) is 3.00. The van der Waals surface area contributed by atoms with Crippen molar-refractivity contribution in [1.82, 2.24) is 20.4 Å². The van der Waals surface area contributed by atoms with E-state index in [4.69, 9.17) is 10.5 Å². The molecule has 2 aromatic rings. The topological polar surface area (TPSA) is 93.4 Å². The van der Waals surface area contributed by atoms with Crippen molar-refractivity contribution in [2.24, 2.45) is 0 Å². The van der Waals surface area contributed by atoms with Gasteiger partial charge in [0.1, 0.15) is 5.01 Å². The molecule has 24 heavy (non-hydrogen) atoms. The van der Waals surface area contributed by atoms with Gasteiger partial charge in [-0.25, -0.2) is 0 Å². The van der Waals surface area contributed by atoms with Gasteiger partial charge in [0.15, 0.2) is 0 Å². The van der Waals surface area contributed by atoms with E-state index in [9.17, 15) is 4.79 Å². The summed E-state index contributed by atoms with van der Waals surface area (Å²) in [6, 6.07) is 10.3. The Labute approximate surface area is 144 Å². The van der Waals surface area contributed by atoms with Crippen LogP contribution in [-0.4, -0.2) is 46.8 Å². The minimum absolute atomic E-state index is 0.0460. The van der Waals surface area contributed by atoms with Gasteiger partial charge in [-0.1, -0.05) is 41.7 Å². The molecule has 128 valence electrons. The molecular formula is C16H21N5O2S. The van der Waals surface area contributed by atoms with Crippen LogP contribution in [0.15, 0.2) is 30.3 Å². The maximum Gasteiger partial charge on any atom is 0.223 e. The van der Waals surface area contributed by atoms with Crippen LogP contribution in [0.3, 0.4) is 0 Å². The number of nitrogens with one attached hydrogen (secondary N) is 1. The van der Waals surface area contributed by atoms with E-state index in [0.717, 1.165) is 19.6 Å². The normalized spacial score (nSPS) is 18.4. The minimum atomic E-state index is -0.0815. The predicted octanol–water partition coefficient (Wildman–Crippen LogP) is 1.03. The number of ether oxygens (including phenoxy) is 1. The van der Waals surface area contributed by atoms with Crippen LogP contribution >= 0.6 is 11.3 Å². The van der Waals surface area contributed by atoms with Crippen molar-refractivity contribution in [2.75, 3.05) is 25.4 Å². The van der Waals surface area contributed by atoms with E-state index >= 15 is 0 Å². The molecule has 0 unspecified atom stereocenters. The molecule has 1 aromatic carbocycles. The van der Waals surface area contributed by atoms with Crippen molar-refractivity contribution in [3.8, 4) is 0 Å². The Balaban J connectivity index is 1.43. The molecule has 3 rings (SSSR count). The summed E-state index contributed by atoms with van der Waals surface area (Å²) in [5.41, 5.74) is 6.79. The molecule has 1 fully saturated rings. The number of amides is 1. The first-order chi connectivity index (χ1) is 11.7. The third-order valence-electron chi connectivity index (χ3n) is 3.80. The number of nitrogens with two attached hydrogens (primary N) is 1. The van der Waals surface area contributed by atoms with E-state index in [2.05, 4.69) is 32.5 Å². The first kappa shape index (κ1) is 16.8. The van der Waals surface area contributed by atoms with Gasteiger partial charge in [-0.2, -0.15) is 0 Å². The largest absolute Gasteiger partial charge is 0.375 e. The Morgan fingerprint density at radius 3 is 2.96 bits per heavy atom. The summed E-state index contributed by atoms with van der Waals surface area (Å²) in [6.45, 7) is 3.53. The molecule has 1 atom stereocenters. The Hall–Kier alpha value is -2.03. The van der Waals surface area contributed by atoms with Gasteiger partial charge in [0.2, 0.25) is 11.0 Å². The lowest BCUT2D eigenvalue weighted by atomic mass is 10.1. The van der Waals surface area contributed by atoms with Crippen molar-refractivity contribution < 1.29 is 9.53 Å². The maximum atomic E-state index is 12.1. The highest BCUT2D eigenvalue weighted by Crippen LogP contribution is 2.13. The van der Waals surface area contributed by atoms with Gasteiger partial charge in [-0.15, -0.1) is 10.2 Å². The summed E-state index contributed by atoms with van der Waals surface area (Å²) < 4.78 is 5.72. The molecule has 0 saturated carbocycles. The van der Waals surface area contributed by atoms with Crippen molar-refractivity contribution in [3.63, 3.8) is 0 Å². The highest BCUT2D eigenvalue weighted by Gasteiger charge is 2.23. The zero-order valence-electron chi connectivity index (χ0n) is 13.4. The fourth-order valence-electron chi connectivity index (χ4n) is 2.68. The molecule has 0 bridgehead atoms. The van der Waals surface area contributed by atoms with Crippen LogP contribution in [0.1, 0.15) is 17.0 Å². The predicted molar refractivity (Wildman–Crippen MR) is 92.2 cm³/mol. The third-order valence-corrected chi connectivity index (χ3v) is 4.56. The standard InChI is InChI=1S/C16H21N5O2S/c17-16-20-19-15(24-16)9-18-14(22)8-13-11-21(6-7-23-13)10-12-4-2-1-3-5-12/h1-5,13H,6-11H2,(H2,17,20)(H,18,22)/t13-/m0/s1. The first-order valence-corrected chi connectivity index (χ1v) is 8.73. The highest BCUT2D eigenvalue weighted by molar-refractivity contribution is 7.15. The molecule has 1 aliphatic rings. The van der Waals surface area contributed by atoms with Crippen LogP contribution < -0.4 is 11.1 Å². The number of nitrogen functional groups attached to an aromatic ring is 1. The monoisotopic (exact) mass is 347 g/mol. The van der Waals surface area contributed by atoms with Gasteiger partial charge in [0.25, 0.3) is 0 Å². The van der Waals surface area contributed by atoms with Gasteiger partial charge >= 0.3 is 0 Å². The van der Waals surface area contributed by atoms with Crippen LogP contribution in [0.25, 0.3) is 0 Å². The number of aromatic nitrogens is 2. The van der Waals surface area contributed by atoms with Crippen LogP contribution in [0.4, 0.5) is 5.13 Å². The van der Waals surface area contributed by atoms with Gasteiger partial charge in [0.05, 0.1) is 25.7 Å². The fourth-order valence-corrected chi connectivity index (χ4v) is 3.23. The van der Waals surface area contributed by atoms with Crippen LogP contribution in [0, 0.1) is 0 Å². The van der Waals surface area contributed by atoms with E-state index in [1.807, 2.05) is 18.2 Å². The summed E-state index contributed by atoms with van der Waals surface area (Å²) in [6.07, 6.45) is 0.265. The number of anilines is 1. The molecule has 1 amide bonds. The van der Waals surface area contributed by atoms with Crippen LogP contribution in [0.5, 0.6) is 0 Å². The minimum Gasteiger partial charge on any atom is -0.375 e. The van der Waals surface area contributed by atoms with Crippen molar-refractivity contribution in [3.05, 3.63) is 40.9 Å². The lowest BCUT2D eigenvalue weighted by molar-refractivity contribution is -0.126. The third kappa shape index (κ3) is 4.98. The molecule has 0 spiro atoms. The number of hydrogen-bond donors (Lipinski definition) is 2. The molecule has 0 radical (unpaired) electrons. The summed E-state index contributed by atoms with van der Waals surface area (Å²) in [4.78, 5) is 14.4. The smallest absolute Gasteiger partial charge is 0.223 e. The number of carbonyl (C=O) groups is 1. The highest BCUT2D eigenvalue weighted by atomic mass is 32.1. The Kier molecular flexibility index (Phi) is 5.73. The Morgan fingerprint density at radius 1 is 1.38 bits per heavy atom. The molecular weight excluding hydrogens is 326 g/mol. The van der Waals surface area contributed by atoms with Crippen molar-refractivity contribution in [2.45, 2.75) is 25.6 Å². The summed E-state index contributed by atoms with van der Waals surface area (Å²) in [5, 5.41) is 11.6. The summed E-state index contributed by atoms with van der Waals surface area (Å²) in [7, 11) is 0. The second-order valence-electron chi connectivity index (χ2n) is 5.73. The van der Waals surface area contributed by atoms with Gasteiger partial charge in [-0.05, 0) is 5.56 Å². The van der Waals surface area contributed by atoms with Crippen LogP contribution in [-0.2, 0) is 22.6 Å². The zero-order chi connectivity index (χ0) is 16.8. The van der Waals surface area contributed by atoms with Crippen molar-refractivity contribution >= 4 is 22.4 Å². The quantitative estimate of drug-likeness (QED) is 0.811. The SMILES string of the molecule is Nc1nnc(CNC(=O)C[C@H]2CN(Cc3ccccc3)CCO2)s1. The molecule has 3 N–H and O–H groups in total. The van der Waals surface area contributed by atoms with E-state index in [-0.39, 0.29) is 12.0 Å². The fraction of sp³-hybridized carbons (Fsp3) is 0.438. The van der Waals surface area contributed by atoms with E-state index in [1.54, 1.807) is 0 Å². The number of morpholine rings is 1. The zero-order valence-corrected chi connectivity index (χ0v) is 14.2. The van der Waals surface area contributed by atoms with E-state index in [0.29, 0.717) is 29.7 Å². The first-order valence-electron chi connectivity index (χ1n) is 7.91. The number of hydrogen-bond acceptors (Lipinski definition) is 7. The van der Waals surface area contributed by atoms with Gasteiger partial charge in [0, 0.05) is 19.6 Å². The lowest BCUT2D eigenvalue weighted by Gasteiger charge is -2.32. The molecule has 1 aliphatic heterocycles. The second-order valence-corrected chi connectivity index (χ2v) is 6.82. The second kappa shape index (κ2) is 8.18. The van der Waals surface area contributed by atoms with E-state index in [1.165, 1.54) is 16.9 Å². The van der Waals surface area contributed by atoms with Crippen LogP contribution in [0.2, 0.25) is 0 Å². The molecule has 7 nitrogen and oxygen atoms in total. The molecule has 2 heterocycles. The van der Waals surface area contributed by atoms with E-state index < -0.39 is 0 Å². The molecule has 1 aromatic heterocycles. The molecule has 1 saturated heterocycles. The summed E-state index contributed by atoms with van der Waals surface area (Å²) in [5.74, 6) is -0.0460. The Morgan fingerprint density at radius 2 is 2.21 bits per heavy atom. The van der Waals surface area contributed by atoms with Crippen molar-refractivity contribution in [1.29, 1.82) is 0 Å². The van der Waals surface area contributed by atoms with Gasteiger partial charge in [-0.3, -0.25) is 9.69 Å². The number of rotatable bonds is 6. The van der Waals surface area contributed by atoms with Gasteiger partial charge < -0.3 is 15.8 Å². The molecule has 8 heteroatoms.